The summed E-state index contributed by atoms with van der Waals surface area (Å²) in [7, 11) is 0. The fraction of sp³-hybridized carbons (Fsp3) is 0.273. The quantitative estimate of drug-likeness (QED) is 0.379. The number of carboxylic acid groups (broad SMARTS) is 1. The van der Waals surface area contributed by atoms with Crippen LogP contribution in [0.2, 0.25) is 0 Å². The number of carboxylic acids is 1. The van der Waals surface area contributed by atoms with E-state index in [1.807, 2.05) is 31.2 Å². The first kappa shape index (κ1) is 20.8. The second-order valence-electron chi connectivity index (χ2n) is 5.81. The lowest BCUT2D eigenvalue weighted by molar-refractivity contribution is -0.132. The number of nitrogens with zero attached hydrogens (tertiary/aromatic N) is 1. The Morgan fingerprint density at radius 1 is 1.04 bits per heavy atom. The Bertz CT molecular complexity index is 865. The number of benzene rings is 2. The van der Waals surface area contributed by atoms with Crippen molar-refractivity contribution >= 4 is 12.0 Å². The Labute approximate surface area is 164 Å². The monoisotopic (exact) mass is 381 g/mol. The summed E-state index contributed by atoms with van der Waals surface area (Å²) in [6.45, 7) is 5.06. The van der Waals surface area contributed by atoms with E-state index < -0.39 is 5.97 Å². The minimum Gasteiger partial charge on any atom is -0.490 e. The minimum absolute atomic E-state index is 0.323. The van der Waals surface area contributed by atoms with Gasteiger partial charge >= 0.3 is 5.97 Å². The maximum Gasteiger partial charge on any atom is 0.346 e. The van der Waals surface area contributed by atoms with E-state index >= 15 is 0 Å². The molecule has 0 aliphatic carbocycles. The Balaban J connectivity index is 2.00. The van der Waals surface area contributed by atoms with Crippen LogP contribution in [0.15, 0.2) is 48.0 Å². The van der Waals surface area contributed by atoms with Gasteiger partial charge in [0.05, 0.1) is 6.61 Å². The molecule has 28 heavy (non-hydrogen) atoms. The van der Waals surface area contributed by atoms with Crippen molar-refractivity contribution in [2.45, 2.75) is 20.3 Å². The first-order valence-corrected chi connectivity index (χ1v) is 9.03. The summed E-state index contributed by atoms with van der Waals surface area (Å²) in [6.07, 6.45) is 2.27. The number of rotatable bonds is 10. The second-order valence-corrected chi connectivity index (χ2v) is 5.81. The number of aryl methyl sites for hydroxylation is 1. The lowest BCUT2D eigenvalue weighted by atomic mass is 10.1. The molecule has 0 radical (unpaired) electrons. The van der Waals surface area contributed by atoms with E-state index in [0.29, 0.717) is 36.9 Å². The third-order valence-corrected chi connectivity index (χ3v) is 3.87. The summed E-state index contributed by atoms with van der Waals surface area (Å²) in [5.41, 5.74) is 1.45. The van der Waals surface area contributed by atoms with Crippen molar-refractivity contribution in [2.24, 2.45) is 0 Å². The highest BCUT2D eigenvalue weighted by Crippen LogP contribution is 2.29. The van der Waals surface area contributed by atoms with E-state index in [0.717, 1.165) is 12.2 Å². The van der Waals surface area contributed by atoms with Crippen LogP contribution < -0.4 is 14.2 Å². The van der Waals surface area contributed by atoms with Crippen molar-refractivity contribution in [2.75, 3.05) is 19.8 Å². The Morgan fingerprint density at radius 3 is 2.36 bits per heavy atom. The predicted octanol–water partition coefficient (Wildman–Crippen LogP) is 4.10. The number of hydrogen-bond acceptors (Lipinski definition) is 5. The molecule has 0 amide bonds. The summed E-state index contributed by atoms with van der Waals surface area (Å²) in [5, 5.41) is 17.9. The van der Waals surface area contributed by atoms with E-state index in [1.54, 1.807) is 24.3 Å². The normalized spacial score (nSPS) is 10.8. The molecule has 0 spiro atoms. The molecule has 0 atom stereocenters. The zero-order valence-electron chi connectivity index (χ0n) is 16.0. The van der Waals surface area contributed by atoms with Crippen molar-refractivity contribution in [1.82, 2.24) is 0 Å². The lowest BCUT2D eigenvalue weighted by Gasteiger charge is -2.13. The molecule has 0 heterocycles. The van der Waals surface area contributed by atoms with Crippen LogP contribution in [0.1, 0.15) is 25.0 Å². The molecule has 146 valence electrons. The van der Waals surface area contributed by atoms with Crippen LogP contribution in [0, 0.1) is 11.3 Å². The van der Waals surface area contributed by atoms with Gasteiger partial charge in [0.2, 0.25) is 0 Å². The molecule has 0 aliphatic rings. The van der Waals surface area contributed by atoms with Gasteiger partial charge < -0.3 is 19.3 Å². The molecule has 0 saturated carbocycles. The van der Waals surface area contributed by atoms with Crippen molar-refractivity contribution < 1.29 is 24.1 Å². The van der Waals surface area contributed by atoms with Crippen LogP contribution >= 0.6 is 0 Å². The van der Waals surface area contributed by atoms with Gasteiger partial charge in [0, 0.05) is 0 Å². The first-order valence-electron chi connectivity index (χ1n) is 9.03. The predicted molar refractivity (Wildman–Crippen MR) is 106 cm³/mol. The van der Waals surface area contributed by atoms with E-state index in [2.05, 4.69) is 6.92 Å². The average molecular weight is 381 g/mol. The molecule has 0 aromatic heterocycles. The largest absolute Gasteiger partial charge is 0.490 e. The molecule has 2 aromatic rings. The minimum atomic E-state index is -1.27. The SMILES string of the molecule is CCOc1cc(C=C(C#N)C(=O)O)ccc1OCCOc1ccc(CC)cc1. The highest BCUT2D eigenvalue weighted by Gasteiger charge is 2.09. The maximum absolute atomic E-state index is 11.0. The first-order chi connectivity index (χ1) is 13.6. The summed E-state index contributed by atoms with van der Waals surface area (Å²) < 4.78 is 17.0. The number of nitriles is 1. The van der Waals surface area contributed by atoms with Gasteiger partial charge in [-0.3, -0.25) is 0 Å². The second kappa shape index (κ2) is 10.6. The van der Waals surface area contributed by atoms with Crippen LogP contribution in [0.5, 0.6) is 17.2 Å². The van der Waals surface area contributed by atoms with Crippen molar-refractivity contribution in [1.29, 1.82) is 5.26 Å². The van der Waals surface area contributed by atoms with Gasteiger partial charge in [0.1, 0.15) is 30.6 Å². The van der Waals surface area contributed by atoms with Gasteiger partial charge in [0.15, 0.2) is 11.5 Å². The molecule has 6 heteroatoms. The van der Waals surface area contributed by atoms with E-state index in [1.165, 1.54) is 11.6 Å². The molecule has 0 bridgehead atoms. The highest BCUT2D eigenvalue weighted by atomic mass is 16.5. The molecule has 0 fully saturated rings. The molecular weight excluding hydrogens is 358 g/mol. The Kier molecular flexibility index (Phi) is 7.92. The van der Waals surface area contributed by atoms with Crippen LogP contribution in [0.3, 0.4) is 0 Å². The molecule has 0 aliphatic heterocycles. The summed E-state index contributed by atoms with van der Waals surface area (Å²) in [5.74, 6) is 0.512. The molecule has 2 rings (SSSR count). The van der Waals surface area contributed by atoms with Crippen LogP contribution in [-0.2, 0) is 11.2 Å². The van der Waals surface area contributed by atoms with Crippen LogP contribution in [0.4, 0.5) is 0 Å². The van der Waals surface area contributed by atoms with Crippen LogP contribution in [0.25, 0.3) is 6.08 Å². The third kappa shape index (κ3) is 6.06. The molecule has 2 aromatic carbocycles. The zero-order chi connectivity index (χ0) is 20.4. The summed E-state index contributed by atoms with van der Waals surface area (Å²) >= 11 is 0. The van der Waals surface area contributed by atoms with Gasteiger partial charge in [-0.25, -0.2) is 4.79 Å². The fourth-order valence-electron chi connectivity index (χ4n) is 2.44. The molecule has 0 saturated heterocycles. The maximum atomic E-state index is 11.0. The number of carbonyl (C=O) groups is 1. The van der Waals surface area contributed by atoms with Crippen molar-refractivity contribution in [3.05, 3.63) is 59.2 Å². The topological polar surface area (TPSA) is 88.8 Å². The summed E-state index contributed by atoms with van der Waals surface area (Å²) in [6, 6.07) is 14.6. The van der Waals surface area contributed by atoms with Gasteiger partial charge in [0.25, 0.3) is 0 Å². The Morgan fingerprint density at radius 2 is 1.75 bits per heavy atom. The lowest BCUT2D eigenvalue weighted by Crippen LogP contribution is -2.10. The van der Waals surface area contributed by atoms with E-state index in [4.69, 9.17) is 24.6 Å². The average Bonchev–Trinajstić information content (AvgIpc) is 2.71. The van der Waals surface area contributed by atoms with E-state index in [-0.39, 0.29) is 5.57 Å². The van der Waals surface area contributed by atoms with Crippen molar-refractivity contribution in [3.63, 3.8) is 0 Å². The molecule has 6 nitrogen and oxygen atoms in total. The smallest absolute Gasteiger partial charge is 0.346 e. The van der Waals surface area contributed by atoms with Crippen molar-refractivity contribution in [3.8, 4) is 23.3 Å². The van der Waals surface area contributed by atoms with Gasteiger partial charge in [-0.15, -0.1) is 0 Å². The Hall–Kier alpha value is -3.46. The number of ether oxygens (including phenoxy) is 3. The fourth-order valence-corrected chi connectivity index (χ4v) is 2.44. The zero-order valence-corrected chi connectivity index (χ0v) is 16.0. The van der Waals surface area contributed by atoms with Gasteiger partial charge in [-0.05, 0) is 54.8 Å². The third-order valence-electron chi connectivity index (χ3n) is 3.87. The van der Waals surface area contributed by atoms with Gasteiger partial charge in [-0.2, -0.15) is 5.26 Å². The number of aliphatic carboxylic acids is 1. The standard InChI is InChI=1S/C22H23NO5/c1-3-16-5-8-19(9-6-16)27-11-12-28-20-10-7-17(14-21(20)26-4-2)13-18(15-23)22(24)25/h5-10,13-14H,3-4,11-12H2,1-2H3,(H,24,25). The summed E-state index contributed by atoms with van der Waals surface area (Å²) in [4.78, 5) is 11.0. The molecule has 0 unspecified atom stereocenters. The number of hydrogen-bond donors (Lipinski definition) is 1. The molecule has 1 N–H and O–H groups in total. The highest BCUT2D eigenvalue weighted by molar-refractivity contribution is 5.96. The van der Waals surface area contributed by atoms with E-state index in [9.17, 15) is 4.79 Å². The molecular formula is C22H23NO5. The van der Waals surface area contributed by atoms with Crippen LogP contribution in [-0.4, -0.2) is 30.9 Å². The van der Waals surface area contributed by atoms with Gasteiger partial charge in [-0.1, -0.05) is 25.1 Å².